The minimum atomic E-state index is -0.903. The van der Waals surface area contributed by atoms with Gasteiger partial charge in [-0.25, -0.2) is 4.79 Å². The number of rotatable bonds is 1. The van der Waals surface area contributed by atoms with Crippen LogP contribution in [0, 0.1) is 0 Å². The first-order chi connectivity index (χ1) is 6.20. The van der Waals surface area contributed by atoms with Crippen LogP contribution >= 0.6 is 27.3 Å². The lowest BCUT2D eigenvalue weighted by Gasteiger charge is -1.99. The quantitative estimate of drug-likeness (QED) is 0.850. The highest BCUT2D eigenvalue weighted by atomic mass is 79.9. The number of thiophene rings is 1. The van der Waals surface area contributed by atoms with E-state index in [-0.39, 0.29) is 0 Å². The minimum Gasteiger partial charge on any atom is -0.478 e. The molecule has 0 aliphatic heterocycles. The van der Waals surface area contributed by atoms with Crippen LogP contribution in [0.1, 0.15) is 10.4 Å². The fraction of sp³-hybridized carbons (Fsp3) is 0. The lowest BCUT2D eigenvalue weighted by Crippen LogP contribution is -1.96. The molecule has 1 aromatic heterocycles. The first-order valence-corrected chi connectivity index (χ1v) is 5.26. The number of carboxylic acid groups (broad SMARTS) is 1. The highest BCUT2D eigenvalue weighted by Gasteiger charge is 2.10. The highest BCUT2D eigenvalue weighted by molar-refractivity contribution is 9.10. The first kappa shape index (κ1) is 8.72. The molecule has 0 spiro atoms. The molecule has 2 nitrogen and oxygen atoms in total. The molecule has 1 aromatic carbocycles. The zero-order valence-electron chi connectivity index (χ0n) is 6.45. The number of hydrogen-bond acceptors (Lipinski definition) is 2. The van der Waals surface area contributed by atoms with Crippen LogP contribution in [0.5, 0.6) is 0 Å². The van der Waals surface area contributed by atoms with Crippen molar-refractivity contribution in [3.63, 3.8) is 0 Å². The molecule has 0 saturated carbocycles. The Balaban J connectivity index is 2.80. The third-order valence-electron chi connectivity index (χ3n) is 1.80. The lowest BCUT2D eigenvalue weighted by atomic mass is 10.2. The molecule has 0 unspecified atom stereocenters. The molecule has 13 heavy (non-hydrogen) atoms. The second-order valence-corrected chi connectivity index (χ2v) is 4.31. The van der Waals surface area contributed by atoms with Crippen LogP contribution in [0.2, 0.25) is 0 Å². The van der Waals surface area contributed by atoms with Gasteiger partial charge >= 0.3 is 5.97 Å². The summed E-state index contributed by atoms with van der Waals surface area (Å²) in [6.45, 7) is 0. The van der Waals surface area contributed by atoms with Crippen molar-refractivity contribution < 1.29 is 9.90 Å². The van der Waals surface area contributed by atoms with E-state index in [1.54, 1.807) is 17.4 Å². The molecule has 2 aromatic rings. The molecule has 0 atom stereocenters. The molecule has 0 radical (unpaired) electrons. The Morgan fingerprint density at radius 1 is 1.38 bits per heavy atom. The van der Waals surface area contributed by atoms with E-state index >= 15 is 0 Å². The van der Waals surface area contributed by atoms with Gasteiger partial charge in [0.15, 0.2) is 0 Å². The van der Waals surface area contributed by atoms with Gasteiger partial charge in [-0.15, -0.1) is 11.3 Å². The van der Waals surface area contributed by atoms with E-state index in [2.05, 4.69) is 15.9 Å². The maximum atomic E-state index is 10.8. The van der Waals surface area contributed by atoms with Crippen molar-refractivity contribution in [3.8, 4) is 0 Å². The third kappa shape index (κ3) is 1.36. The molecule has 0 fully saturated rings. The number of aromatic carboxylic acids is 1. The van der Waals surface area contributed by atoms with Crippen LogP contribution in [0.25, 0.3) is 10.1 Å². The third-order valence-corrected chi connectivity index (χ3v) is 3.54. The van der Waals surface area contributed by atoms with Gasteiger partial charge in [0.25, 0.3) is 0 Å². The van der Waals surface area contributed by atoms with Crippen LogP contribution in [0.3, 0.4) is 0 Å². The molecular weight excluding hydrogens is 252 g/mol. The molecule has 4 heteroatoms. The Bertz CT molecular complexity index is 475. The second-order valence-electron chi connectivity index (χ2n) is 2.56. The van der Waals surface area contributed by atoms with E-state index in [4.69, 9.17) is 5.11 Å². The largest absolute Gasteiger partial charge is 0.478 e. The van der Waals surface area contributed by atoms with Crippen LogP contribution in [0.4, 0.5) is 0 Å². The summed E-state index contributed by atoms with van der Waals surface area (Å²) in [6.07, 6.45) is 0. The Kier molecular flexibility index (Phi) is 2.09. The predicted molar refractivity (Wildman–Crippen MR) is 56.5 cm³/mol. The molecular formula is C9H5BrO2S. The Morgan fingerprint density at radius 3 is 2.85 bits per heavy atom. The van der Waals surface area contributed by atoms with Gasteiger partial charge in [-0.3, -0.25) is 0 Å². The highest BCUT2D eigenvalue weighted by Crippen LogP contribution is 2.31. The van der Waals surface area contributed by atoms with Crippen LogP contribution < -0.4 is 0 Å². The average molecular weight is 257 g/mol. The van der Waals surface area contributed by atoms with Crippen molar-refractivity contribution in [2.45, 2.75) is 0 Å². The zero-order chi connectivity index (χ0) is 9.42. The number of carbonyl (C=O) groups is 1. The molecule has 0 aliphatic carbocycles. The number of carboxylic acids is 1. The van der Waals surface area contributed by atoms with Crippen molar-refractivity contribution in [2.75, 3.05) is 0 Å². The Hall–Kier alpha value is -0.870. The summed E-state index contributed by atoms with van der Waals surface area (Å²) in [7, 11) is 0. The van der Waals surface area contributed by atoms with Crippen LogP contribution in [0.15, 0.2) is 28.1 Å². The topological polar surface area (TPSA) is 37.3 Å². The molecule has 0 saturated heterocycles. The predicted octanol–water partition coefficient (Wildman–Crippen LogP) is 3.36. The van der Waals surface area contributed by atoms with Gasteiger partial charge in [0, 0.05) is 14.6 Å². The number of halogens is 1. The minimum absolute atomic E-state index is 0.311. The smallest absolute Gasteiger partial charge is 0.336 e. The first-order valence-electron chi connectivity index (χ1n) is 3.59. The summed E-state index contributed by atoms with van der Waals surface area (Å²) in [6, 6.07) is 5.36. The molecule has 1 N–H and O–H groups in total. The van der Waals surface area contributed by atoms with E-state index < -0.39 is 5.97 Å². The summed E-state index contributed by atoms with van der Waals surface area (Å²) in [5.74, 6) is -0.903. The Labute approximate surface area is 86.9 Å². The van der Waals surface area contributed by atoms with Crippen molar-refractivity contribution >= 4 is 43.3 Å². The summed E-state index contributed by atoms with van der Waals surface area (Å²) >= 11 is 4.89. The maximum Gasteiger partial charge on any atom is 0.336 e. The zero-order valence-corrected chi connectivity index (χ0v) is 8.85. The Morgan fingerprint density at radius 2 is 2.15 bits per heavy atom. The van der Waals surface area contributed by atoms with Crippen LogP contribution in [-0.2, 0) is 0 Å². The fourth-order valence-electron chi connectivity index (χ4n) is 1.17. The monoisotopic (exact) mass is 256 g/mol. The molecule has 0 amide bonds. The van der Waals surface area contributed by atoms with Crippen molar-refractivity contribution in [3.05, 3.63) is 33.6 Å². The van der Waals surface area contributed by atoms with E-state index in [0.717, 1.165) is 10.1 Å². The molecule has 2 rings (SSSR count). The van der Waals surface area contributed by atoms with Crippen molar-refractivity contribution in [1.82, 2.24) is 0 Å². The van der Waals surface area contributed by atoms with Gasteiger partial charge in [0.05, 0.1) is 5.56 Å². The molecule has 1 heterocycles. The van der Waals surface area contributed by atoms with E-state index in [1.165, 1.54) is 0 Å². The second kappa shape index (κ2) is 3.12. The lowest BCUT2D eigenvalue weighted by molar-refractivity contribution is 0.0696. The van der Waals surface area contributed by atoms with Gasteiger partial charge in [0.1, 0.15) is 0 Å². The molecule has 66 valence electrons. The summed E-state index contributed by atoms with van der Waals surface area (Å²) < 4.78 is 1.76. The number of hydrogen-bond donors (Lipinski definition) is 1. The van der Waals surface area contributed by atoms with Crippen molar-refractivity contribution in [1.29, 1.82) is 0 Å². The summed E-state index contributed by atoms with van der Waals surface area (Å²) in [4.78, 5) is 10.8. The fourth-order valence-corrected chi connectivity index (χ4v) is 2.75. The van der Waals surface area contributed by atoms with Gasteiger partial charge in [-0.1, -0.05) is 0 Å². The average Bonchev–Trinajstić information content (AvgIpc) is 2.52. The normalized spacial score (nSPS) is 10.5. The molecule has 0 bridgehead atoms. The molecule has 0 aliphatic rings. The van der Waals surface area contributed by atoms with Gasteiger partial charge in [0.2, 0.25) is 0 Å². The maximum absolute atomic E-state index is 10.8. The SMILES string of the molecule is O=C(O)c1ccc2sccc2c1Br. The summed E-state index contributed by atoms with van der Waals surface area (Å²) in [5, 5.41) is 11.7. The van der Waals surface area contributed by atoms with E-state index in [0.29, 0.717) is 10.0 Å². The van der Waals surface area contributed by atoms with Gasteiger partial charge in [-0.2, -0.15) is 0 Å². The number of benzene rings is 1. The summed E-state index contributed by atoms with van der Waals surface area (Å²) in [5.41, 5.74) is 0.311. The van der Waals surface area contributed by atoms with E-state index in [9.17, 15) is 4.79 Å². The van der Waals surface area contributed by atoms with Gasteiger partial charge in [-0.05, 0) is 39.5 Å². The number of fused-ring (bicyclic) bond motifs is 1. The van der Waals surface area contributed by atoms with Crippen molar-refractivity contribution in [2.24, 2.45) is 0 Å². The van der Waals surface area contributed by atoms with Crippen LogP contribution in [-0.4, -0.2) is 11.1 Å². The van der Waals surface area contributed by atoms with Gasteiger partial charge < -0.3 is 5.11 Å². The van der Waals surface area contributed by atoms with E-state index in [1.807, 2.05) is 17.5 Å². The standard InChI is InChI=1S/C9H5BrO2S/c10-8-5-3-4-13-7(5)2-1-6(8)9(11)12/h1-4H,(H,11,12).